The summed E-state index contributed by atoms with van der Waals surface area (Å²) in [6.07, 6.45) is 6.97. The number of benzene rings is 1. The molecule has 0 saturated heterocycles. The number of hydrogen-bond acceptors (Lipinski definition) is 1. The lowest BCUT2D eigenvalue weighted by Crippen LogP contribution is -2.25. The number of alkyl halides is 1. The van der Waals surface area contributed by atoms with Crippen LogP contribution >= 0.6 is 11.6 Å². The third-order valence-electron chi connectivity index (χ3n) is 2.43. The van der Waals surface area contributed by atoms with Crippen LogP contribution in [0, 0.1) is 12.3 Å². The normalized spacial score (nSPS) is 14.2. The molecular formula is C13H15ClO. The molecule has 1 nitrogen and oxygen atoms in total. The van der Waals surface area contributed by atoms with Crippen molar-refractivity contribution in [1.29, 1.82) is 0 Å². The van der Waals surface area contributed by atoms with Gasteiger partial charge in [-0.1, -0.05) is 30.3 Å². The first kappa shape index (κ1) is 12.1. The van der Waals surface area contributed by atoms with Crippen LogP contribution in [0.1, 0.15) is 24.8 Å². The van der Waals surface area contributed by atoms with Crippen LogP contribution in [0.15, 0.2) is 30.3 Å². The van der Waals surface area contributed by atoms with Crippen molar-refractivity contribution >= 4 is 11.6 Å². The maximum Gasteiger partial charge on any atom is 0.101 e. The van der Waals surface area contributed by atoms with E-state index in [1.165, 1.54) is 0 Å². The molecule has 0 bridgehead atoms. The van der Waals surface area contributed by atoms with Crippen molar-refractivity contribution < 1.29 is 5.11 Å². The predicted molar refractivity (Wildman–Crippen MR) is 63.7 cm³/mol. The van der Waals surface area contributed by atoms with Gasteiger partial charge in [0, 0.05) is 12.3 Å². The minimum Gasteiger partial charge on any atom is -0.384 e. The van der Waals surface area contributed by atoms with E-state index in [9.17, 15) is 5.11 Å². The molecule has 0 spiro atoms. The molecule has 0 aromatic heterocycles. The Morgan fingerprint density at radius 2 is 2.00 bits per heavy atom. The average Bonchev–Trinajstić information content (AvgIpc) is 2.28. The van der Waals surface area contributed by atoms with E-state index in [2.05, 4.69) is 5.92 Å². The zero-order valence-corrected chi connectivity index (χ0v) is 9.37. The van der Waals surface area contributed by atoms with E-state index in [0.29, 0.717) is 18.7 Å². The lowest BCUT2D eigenvalue weighted by molar-refractivity contribution is 0.0321. The van der Waals surface area contributed by atoms with Crippen LogP contribution in [0.25, 0.3) is 0 Å². The van der Waals surface area contributed by atoms with Gasteiger partial charge in [-0.15, -0.1) is 23.9 Å². The molecule has 1 aromatic rings. The molecule has 0 aliphatic rings. The topological polar surface area (TPSA) is 20.2 Å². The van der Waals surface area contributed by atoms with Crippen molar-refractivity contribution in [3.63, 3.8) is 0 Å². The van der Waals surface area contributed by atoms with E-state index in [0.717, 1.165) is 12.0 Å². The fourth-order valence-electron chi connectivity index (χ4n) is 1.61. The van der Waals surface area contributed by atoms with Gasteiger partial charge in [0.1, 0.15) is 5.60 Å². The van der Waals surface area contributed by atoms with Crippen LogP contribution in [0.2, 0.25) is 0 Å². The summed E-state index contributed by atoms with van der Waals surface area (Å²) in [4.78, 5) is 0. The molecule has 2 heteroatoms. The first-order valence-corrected chi connectivity index (χ1v) is 5.54. The lowest BCUT2D eigenvalue weighted by Gasteiger charge is -2.26. The van der Waals surface area contributed by atoms with Crippen molar-refractivity contribution in [3.05, 3.63) is 35.9 Å². The quantitative estimate of drug-likeness (QED) is 0.600. The second kappa shape index (κ2) is 5.80. The summed E-state index contributed by atoms with van der Waals surface area (Å²) in [6.45, 7) is 0. The van der Waals surface area contributed by atoms with Crippen molar-refractivity contribution in [1.82, 2.24) is 0 Å². The van der Waals surface area contributed by atoms with Crippen LogP contribution in [0.3, 0.4) is 0 Å². The van der Waals surface area contributed by atoms with Crippen LogP contribution in [0.5, 0.6) is 0 Å². The fraction of sp³-hybridized carbons (Fsp3) is 0.385. The van der Waals surface area contributed by atoms with E-state index in [4.69, 9.17) is 18.0 Å². The van der Waals surface area contributed by atoms with Crippen LogP contribution in [-0.2, 0) is 5.60 Å². The Hall–Kier alpha value is -0.970. The Kier molecular flexibility index (Phi) is 4.68. The van der Waals surface area contributed by atoms with Crippen molar-refractivity contribution in [2.75, 3.05) is 5.88 Å². The Morgan fingerprint density at radius 3 is 2.53 bits per heavy atom. The molecule has 0 amide bonds. The van der Waals surface area contributed by atoms with E-state index in [1.807, 2.05) is 30.3 Å². The first-order chi connectivity index (χ1) is 7.23. The fourth-order valence-corrected chi connectivity index (χ4v) is 1.74. The third-order valence-corrected chi connectivity index (χ3v) is 2.70. The highest BCUT2D eigenvalue weighted by molar-refractivity contribution is 6.17. The van der Waals surface area contributed by atoms with Gasteiger partial charge in [-0.2, -0.15) is 0 Å². The standard InChI is InChI=1S/C13H15ClO/c1-2-9-13(15,10-6-11-14)12-7-4-3-5-8-12/h1,3-5,7-8,15H,6,9-11H2/t13-/m1/s1. The number of halogens is 1. The maximum absolute atomic E-state index is 10.4. The Morgan fingerprint density at radius 1 is 1.33 bits per heavy atom. The smallest absolute Gasteiger partial charge is 0.101 e. The number of hydrogen-bond donors (Lipinski definition) is 1. The van der Waals surface area contributed by atoms with Gasteiger partial charge < -0.3 is 5.11 Å². The van der Waals surface area contributed by atoms with E-state index in [-0.39, 0.29) is 0 Å². The van der Waals surface area contributed by atoms with Gasteiger partial charge in [0.25, 0.3) is 0 Å². The molecule has 0 radical (unpaired) electrons. The van der Waals surface area contributed by atoms with Gasteiger partial charge in [0.05, 0.1) is 0 Å². The Balaban J connectivity index is 2.86. The molecule has 1 atom stereocenters. The van der Waals surface area contributed by atoms with Gasteiger partial charge in [-0.3, -0.25) is 0 Å². The summed E-state index contributed by atoms with van der Waals surface area (Å²) in [5.74, 6) is 3.06. The van der Waals surface area contributed by atoms with Crippen molar-refractivity contribution in [3.8, 4) is 12.3 Å². The molecule has 80 valence electrons. The third kappa shape index (κ3) is 3.27. The van der Waals surface area contributed by atoms with Crippen molar-refractivity contribution in [2.45, 2.75) is 24.9 Å². The predicted octanol–water partition coefficient (Wildman–Crippen LogP) is 2.92. The van der Waals surface area contributed by atoms with Gasteiger partial charge in [0.2, 0.25) is 0 Å². The monoisotopic (exact) mass is 222 g/mol. The molecule has 1 aromatic carbocycles. The summed E-state index contributed by atoms with van der Waals surface area (Å²) in [6, 6.07) is 9.51. The summed E-state index contributed by atoms with van der Waals surface area (Å²) in [5, 5.41) is 10.4. The summed E-state index contributed by atoms with van der Waals surface area (Å²) >= 11 is 5.63. The molecule has 0 aliphatic carbocycles. The molecule has 15 heavy (non-hydrogen) atoms. The van der Waals surface area contributed by atoms with Crippen molar-refractivity contribution in [2.24, 2.45) is 0 Å². The second-order valence-corrected chi connectivity index (χ2v) is 3.95. The minimum atomic E-state index is -0.926. The molecule has 0 unspecified atom stereocenters. The highest BCUT2D eigenvalue weighted by atomic mass is 35.5. The largest absolute Gasteiger partial charge is 0.384 e. The SMILES string of the molecule is C#CC[C@@](O)(CCCCl)c1ccccc1. The Bertz CT molecular complexity index is 328. The van der Waals surface area contributed by atoms with Gasteiger partial charge in [0.15, 0.2) is 0 Å². The number of rotatable bonds is 5. The molecule has 0 fully saturated rings. The van der Waals surface area contributed by atoms with E-state index < -0.39 is 5.60 Å². The van der Waals surface area contributed by atoms with Crippen LogP contribution in [0.4, 0.5) is 0 Å². The summed E-state index contributed by atoms with van der Waals surface area (Å²) in [7, 11) is 0. The van der Waals surface area contributed by atoms with Crippen LogP contribution < -0.4 is 0 Å². The molecule has 0 saturated carbocycles. The van der Waals surface area contributed by atoms with Crippen LogP contribution in [-0.4, -0.2) is 11.0 Å². The van der Waals surface area contributed by atoms with Gasteiger partial charge in [-0.05, 0) is 18.4 Å². The molecule has 0 aliphatic heterocycles. The van der Waals surface area contributed by atoms with E-state index in [1.54, 1.807) is 0 Å². The second-order valence-electron chi connectivity index (χ2n) is 3.57. The lowest BCUT2D eigenvalue weighted by atomic mass is 9.87. The molecule has 0 heterocycles. The van der Waals surface area contributed by atoms with Gasteiger partial charge >= 0.3 is 0 Å². The summed E-state index contributed by atoms with van der Waals surface area (Å²) in [5.41, 5.74) is -0.0571. The molecule has 1 N–H and O–H groups in total. The highest BCUT2D eigenvalue weighted by Crippen LogP contribution is 2.29. The zero-order chi connectivity index (χ0) is 11.1. The number of terminal acetylenes is 1. The highest BCUT2D eigenvalue weighted by Gasteiger charge is 2.27. The Labute approximate surface area is 96.1 Å². The van der Waals surface area contributed by atoms with E-state index >= 15 is 0 Å². The first-order valence-electron chi connectivity index (χ1n) is 5.00. The molecule has 1 rings (SSSR count). The maximum atomic E-state index is 10.4. The minimum absolute atomic E-state index is 0.327. The zero-order valence-electron chi connectivity index (χ0n) is 8.62. The average molecular weight is 223 g/mol. The summed E-state index contributed by atoms with van der Waals surface area (Å²) < 4.78 is 0. The molecular weight excluding hydrogens is 208 g/mol. The number of aliphatic hydroxyl groups is 1. The van der Waals surface area contributed by atoms with Gasteiger partial charge in [-0.25, -0.2) is 0 Å².